The Morgan fingerprint density at radius 3 is 1.31 bits per heavy atom. The summed E-state index contributed by atoms with van der Waals surface area (Å²) in [4.78, 5) is 13.9. The topological polar surface area (TPSA) is 38.7 Å². The van der Waals surface area contributed by atoms with Gasteiger partial charge in [-0.2, -0.15) is 0 Å². The molecule has 3 heteroatoms. The lowest BCUT2D eigenvalue weighted by molar-refractivity contribution is 0.931. The van der Waals surface area contributed by atoms with Gasteiger partial charge in [-0.15, -0.1) is 0 Å². The first-order chi connectivity index (χ1) is 32.1. The third kappa shape index (κ3) is 9.81. The number of benzene rings is 7. The molecule has 0 saturated heterocycles. The number of pyridine rings is 3. The second-order valence-electron chi connectivity index (χ2n) is 16.9. The maximum atomic E-state index is 4.80. The molecule has 312 valence electrons. The Hall–Kier alpha value is -8.01. The van der Waals surface area contributed by atoms with Crippen LogP contribution in [0.25, 0.3) is 78.3 Å². The molecule has 0 aliphatic heterocycles. The van der Waals surface area contributed by atoms with Gasteiger partial charge in [-0.25, -0.2) is 0 Å². The summed E-state index contributed by atoms with van der Waals surface area (Å²) in [5, 5.41) is 0. The molecule has 0 fully saturated rings. The van der Waals surface area contributed by atoms with E-state index in [1.165, 1.54) is 66.8 Å². The van der Waals surface area contributed by atoms with Gasteiger partial charge in [0.15, 0.2) is 0 Å². The monoisotopic (exact) mass is 835 g/mol. The summed E-state index contributed by atoms with van der Waals surface area (Å²) in [6.07, 6.45) is 9.46. The van der Waals surface area contributed by atoms with E-state index in [0.29, 0.717) is 0 Å². The summed E-state index contributed by atoms with van der Waals surface area (Å²) in [7, 11) is 0. The Morgan fingerprint density at radius 1 is 0.262 bits per heavy atom. The average molecular weight is 836 g/mol. The summed E-state index contributed by atoms with van der Waals surface area (Å²) in [6, 6.07) is 76.6. The van der Waals surface area contributed by atoms with Crippen LogP contribution in [-0.2, 0) is 25.7 Å². The van der Waals surface area contributed by atoms with Crippen molar-refractivity contribution in [3.63, 3.8) is 0 Å². The number of aromatic nitrogens is 3. The minimum absolute atomic E-state index is 0.946. The summed E-state index contributed by atoms with van der Waals surface area (Å²) < 4.78 is 0. The number of rotatable bonds is 13. The van der Waals surface area contributed by atoms with E-state index in [4.69, 9.17) is 4.98 Å². The lowest BCUT2D eigenvalue weighted by atomic mass is 9.90. The van der Waals surface area contributed by atoms with Crippen LogP contribution in [0.15, 0.2) is 231 Å². The van der Waals surface area contributed by atoms with Crippen molar-refractivity contribution >= 4 is 0 Å². The van der Waals surface area contributed by atoms with Crippen molar-refractivity contribution < 1.29 is 0 Å². The van der Waals surface area contributed by atoms with Gasteiger partial charge >= 0.3 is 0 Å². The van der Waals surface area contributed by atoms with Gasteiger partial charge < -0.3 is 0 Å². The Balaban J connectivity index is 0.910. The maximum absolute atomic E-state index is 4.80. The molecular formula is C62H49N3. The molecule has 0 bridgehead atoms. The van der Waals surface area contributed by atoms with Crippen molar-refractivity contribution in [1.29, 1.82) is 0 Å². The molecule has 65 heavy (non-hydrogen) atoms. The highest BCUT2D eigenvalue weighted by molar-refractivity contribution is 5.85. The third-order valence-corrected chi connectivity index (χ3v) is 12.4. The molecule has 0 spiro atoms. The van der Waals surface area contributed by atoms with Gasteiger partial charge in [0.05, 0.1) is 17.1 Å². The zero-order valence-electron chi connectivity index (χ0n) is 36.6. The van der Waals surface area contributed by atoms with Gasteiger partial charge in [-0.1, -0.05) is 176 Å². The smallest absolute Gasteiger partial charge is 0.0708 e. The van der Waals surface area contributed by atoms with E-state index in [2.05, 4.69) is 211 Å². The number of hydrogen-bond acceptors (Lipinski definition) is 3. The Morgan fingerprint density at radius 2 is 0.708 bits per heavy atom. The highest BCUT2D eigenvalue weighted by Gasteiger charge is 2.13. The quantitative estimate of drug-likeness (QED) is 0.116. The fourth-order valence-corrected chi connectivity index (χ4v) is 8.76. The zero-order valence-corrected chi connectivity index (χ0v) is 36.6. The van der Waals surface area contributed by atoms with Crippen molar-refractivity contribution in [2.24, 2.45) is 0 Å². The van der Waals surface area contributed by atoms with Crippen LogP contribution in [0.4, 0.5) is 0 Å². The third-order valence-electron chi connectivity index (χ3n) is 12.4. The van der Waals surface area contributed by atoms with Crippen LogP contribution in [-0.4, -0.2) is 15.0 Å². The van der Waals surface area contributed by atoms with Crippen LogP contribution in [0.1, 0.15) is 27.8 Å². The SMILES string of the molecule is Cc1ccnc(-c2ccc(CCc3cc(CCc4ccc(-c5ccccn5)cc4)cc(-c4ccccc4-c4ccc(-c5cc(-c6ccc(-c7ccccc7)cc6)ccn5)cc4)c3)cc2)c1. The van der Waals surface area contributed by atoms with Crippen molar-refractivity contribution in [2.75, 3.05) is 0 Å². The largest absolute Gasteiger partial charge is 0.256 e. The van der Waals surface area contributed by atoms with Crippen LogP contribution in [0, 0.1) is 6.92 Å². The molecule has 0 aliphatic carbocycles. The number of aryl methyl sites for hydroxylation is 5. The van der Waals surface area contributed by atoms with Gasteiger partial charge in [0.1, 0.15) is 0 Å². The van der Waals surface area contributed by atoms with Gasteiger partial charge in [-0.3, -0.25) is 15.0 Å². The average Bonchev–Trinajstić information content (AvgIpc) is 3.38. The highest BCUT2D eigenvalue weighted by Crippen LogP contribution is 2.36. The minimum atomic E-state index is 0.946. The Labute approximate surface area is 382 Å². The van der Waals surface area contributed by atoms with E-state index < -0.39 is 0 Å². The molecule has 0 amide bonds. The van der Waals surface area contributed by atoms with E-state index in [1.54, 1.807) is 0 Å². The van der Waals surface area contributed by atoms with Gasteiger partial charge in [0, 0.05) is 35.3 Å². The van der Waals surface area contributed by atoms with Crippen molar-refractivity contribution in [2.45, 2.75) is 32.6 Å². The normalized spacial score (nSPS) is 11.1. The molecular weight excluding hydrogens is 787 g/mol. The molecule has 3 heterocycles. The maximum Gasteiger partial charge on any atom is 0.0708 e. The Bertz CT molecular complexity index is 3160. The van der Waals surface area contributed by atoms with Gasteiger partial charge in [0.2, 0.25) is 0 Å². The molecule has 3 nitrogen and oxygen atoms in total. The molecule has 0 atom stereocenters. The molecule has 3 aromatic heterocycles. The predicted molar refractivity (Wildman–Crippen MR) is 270 cm³/mol. The summed E-state index contributed by atoms with van der Waals surface area (Å²) in [5.41, 5.74) is 22.5. The summed E-state index contributed by atoms with van der Waals surface area (Å²) in [6.45, 7) is 2.11. The molecule has 0 unspecified atom stereocenters. The summed E-state index contributed by atoms with van der Waals surface area (Å²) >= 11 is 0. The van der Waals surface area contributed by atoms with E-state index in [0.717, 1.165) is 65.0 Å². The standard InChI is InChI=1S/C62H49N3/c1-44-34-37-64-61(39-44)54-24-20-46(21-25-54)15-17-48-40-47(16-14-45-18-22-53(23-19-45)60-13-7-8-36-63-60)41-57(42-48)59-12-6-5-11-58(59)52-30-32-55(33-31-52)62-43-56(35-38-65-62)51-28-26-50(27-29-51)49-9-3-2-4-10-49/h2-13,18-43H,14-17H2,1H3. The van der Waals surface area contributed by atoms with Crippen molar-refractivity contribution in [1.82, 2.24) is 15.0 Å². The highest BCUT2D eigenvalue weighted by atomic mass is 14.7. The molecule has 7 aromatic carbocycles. The van der Waals surface area contributed by atoms with E-state index in [1.807, 2.05) is 36.8 Å². The fraction of sp³-hybridized carbons (Fsp3) is 0.0806. The summed E-state index contributed by atoms with van der Waals surface area (Å²) in [5.74, 6) is 0. The van der Waals surface area contributed by atoms with Crippen LogP contribution in [0.2, 0.25) is 0 Å². The number of hydrogen-bond donors (Lipinski definition) is 0. The van der Waals surface area contributed by atoms with E-state index >= 15 is 0 Å². The first-order valence-corrected chi connectivity index (χ1v) is 22.6. The second-order valence-corrected chi connectivity index (χ2v) is 16.9. The van der Waals surface area contributed by atoms with Gasteiger partial charge in [0.25, 0.3) is 0 Å². The van der Waals surface area contributed by atoms with Crippen molar-refractivity contribution in [3.8, 4) is 78.3 Å². The first-order valence-electron chi connectivity index (χ1n) is 22.6. The first kappa shape index (κ1) is 41.0. The lowest BCUT2D eigenvalue weighted by Crippen LogP contribution is -1.98. The predicted octanol–water partition coefficient (Wildman–Crippen LogP) is 15.4. The van der Waals surface area contributed by atoms with Crippen LogP contribution in [0.3, 0.4) is 0 Å². The van der Waals surface area contributed by atoms with E-state index in [9.17, 15) is 0 Å². The van der Waals surface area contributed by atoms with Crippen LogP contribution in [0.5, 0.6) is 0 Å². The molecule has 0 aliphatic rings. The molecule has 0 saturated carbocycles. The molecule has 0 radical (unpaired) electrons. The fourth-order valence-electron chi connectivity index (χ4n) is 8.76. The molecule has 10 aromatic rings. The lowest BCUT2D eigenvalue weighted by Gasteiger charge is -2.15. The van der Waals surface area contributed by atoms with Crippen LogP contribution >= 0.6 is 0 Å². The number of nitrogens with zero attached hydrogens (tertiary/aromatic N) is 3. The second kappa shape index (κ2) is 19.2. The zero-order chi connectivity index (χ0) is 43.8. The van der Waals surface area contributed by atoms with Crippen molar-refractivity contribution in [3.05, 3.63) is 259 Å². The van der Waals surface area contributed by atoms with Crippen LogP contribution < -0.4 is 0 Å². The Kier molecular flexibility index (Phi) is 12.1. The van der Waals surface area contributed by atoms with Gasteiger partial charge in [-0.05, 0) is 141 Å². The molecule has 10 rings (SSSR count). The van der Waals surface area contributed by atoms with E-state index in [-0.39, 0.29) is 0 Å². The molecule has 0 N–H and O–H groups in total. The minimum Gasteiger partial charge on any atom is -0.256 e.